The summed E-state index contributed by atoms with van der Waals surface area (Å²) in [5, 5.41) is 21.2. The molecule has 14 heteroatoms. The number of benzene rings is 3. The number of phenolic OH excluding ortho intramolecular Hbond substituents is 1. The van der Waals surface area contributed by atoms with Crippen molar-refractivity contribution in [2.75, 3.05) is 26.2 Å². The number of nitrogens with zero attached hydrogens (tertiary/aromatic N) is 2. The normalized spacial score (nSPS) is 26.5. The lowest BCUT2D eigenvalue weighted by atomic mass is 9.49. The number of hydrogen-bond donors (Lipinski definition) is 3. The van der Waals surface area contributed by atoms with Crippen molar-refractivity contribution < 1.29 is 48.0 Å². The molecule has 6 atom stereocenters. The first kappa shape index (κ1) is 35.0. The number of aromatic hydroxyl groups is 1. The maximum Gasteiger partial charge on any atom is 0.303 e. The molecule has 3 aromatic carbocycles. The average Bonchev–Trinajstić information content (AvgIpc) is 3.49. The molecule has 3 N–H and O–H groups in total. The van der Waals surface area contributed by atoms with E-state index in [1.165, 1.54) is 50.6 Å². The number of nitrogens with one attached hydrogen (secondary N) is 1. The van der Waals surface area contributed by atoms with Gasteiger partial charge in [0.25, 0.3) is 11.8 Å². The Morgan fingerprint density at radius 3 is 2.23 bits per heavy atom. The van der Waals surface area contributed by atoms with E-state index in [1.54, 1.807) is 24.3 Å². The fourth-order valence-corrected chi connectivity index (χ4v) is 8.98. The van der Waals surface area contributed by atoms with Crippen LogP contribution in [-0.2, 0) is 29.4 Å². The number of amides is 4. The second-order valence-electron chi connectivity index (χ2n) is 13.5. The van der Waals surface area contributed by atoms with E-state index in [2.05, 4.69) is 5.43 Å². The third-order valence-electron chi connectivity index (χ3n) is 10.9. The second kappa shape index (κ2) is 13.3. The summed E-state index contributed by atoms with van der Waals surface area (Å²) in [6.07, 6.45) is 1.87. The molecule has 2 aliphatic heterocycles. The standard InChI is InChI=1S/C38H35ClFN3O9/c1-51-28-16-23(44)17-29(52-2)32(28)33-24-13-14-25-31(36(49)42(34(25)47)15-3-4-30(45)46)26(24)18-27-35(48)43(41-22-11-9-21(40)10-12-22)37(50)38(27,33)19-5-7-20(39)8-6-19/h5-13,16-17,25-27,31,33,41,44H,3-4,14-15,18H2,1-2H3,(H,45,46). The SMILES string of the molecule is COc1cc(O)cc(OC)c1C1C2=CCC3C(=O)N(CCCC(=O)O)C(=O)C3C2CC2C(=O)N(Nc3ccc(F)cc3)C(=O)C21c1ccc(Cl)cc1. The highest BCUT2D eigenvalue weighted by Gasteiger charge is 2.71. The molecule has 2 heterocycles. The van der Waals surface area contributed by atoms with Gasteiger partial charge in [-0.2, -0.15) is 5.01 Å². The molecule has 7 rings (SSSR count). The highest BCUT2D eigenvalue weighted by Crippen LogP contribution is 2.66. The topological polar surface area (TPSA) is 163 Å². The molecule has 0 bridgehead atoms. The summed E-state index contributed by atoms with van der Waals surface area (Å²) in [6.45, 7) is -0.0625. The number of allylic oxidation sites excluding steroid dienone is 2. The molecule has 1 saturated carbocycles. The van der Waals surface area contributed by atoms with E-state index in [-0.39, 0.29) is 55.2 Å². The van der Waals surface area contributed by atoms with Gasteiger partial charge in [0.15, 0.2) is 0 Å². The van der Waals surface area contributed by atoms with E-state index in [1.807, 2.05) is 6.08 Å². The first-order chi connectivity index (χ1) is 24.9. The van der Waals surface area contributed by atoms with Crippen molar-refractivity contribution in [1.82, 2.24) is 9.91 Å². The van der Waals surface area contributed by atoms with E-state index in [0.29, 0.717) is 21.7 Å². The zero-order chi connectivity index (χ0) is 37.1. The van der Waals surface area contributed by atoms with Crippen LogP contribution in [0.1, 0.15) is 42.7 Å². The lowest BCUT2D eigenvalue weighted by Crippen LogP contribution is -2.53. The Morgan fingerprint density at radius 2 is 1.62 bits per heavy atom. The fraction of sp³-hybridized carbons (Fsp3) is 0.342. The monoisotopic (exact) mass is 731 g/mol. The molecule has 0 radical (unpaired) electrons. The van der Waals surface area contributed by atoms with Crippen molar-refractivity contribution in [3.63, 3.8) is 0 Å². The third-order valence-corrected chi connectivity index (χ3v) is 11.2. The van der Waals surface area contributed by atoms with E-state index in [0.717, 1.165) is 9.91 Å². The number of halogens is 2. The van der Waals surface area contributed by atoms with Gasteiger partial charge in [-0.05, 0) is 67.1 Å². The number of phenols is 1. The molecule has 270 valence electrons. The summed E-state index contributed by atoms with van der Waals surface area (Å²) < 4.78 is 25.5. The number of carboxylic acids is 1. The molecule has 4 amide bonds. The van der Waals surface area contributed by atoms with E-state index < -0.39 is 70.4 Å². The molecule has 2 aliphatic carbocycles. The zero-order valence-corrected chi connectivity index (χ0v) is 28.9. The molecular formula is C38H35ClFN3O9. The summed E-state index contributed by atoms with van der Waals surface area (Å²) in [7, 11) is 2.79. The lowest BCUT2D eigenvalue weighted by Gasteiger charge is -2.51. The summed E-state index contributed by atoms with van der Waals surface area (Å²) in [4.78, 5) is 70.4. The molecule has 0 aromatic heterocycles. The van der Waals surface area contributed by atoms with Crippen molar-refractivity contribution in [3.8, 4) is 17.2 Å². The predicted molar refractivity (Wildman–Crippen MR) is 184 cm³/mol. The van der Waals surface area contributed by atoms with Crippen LogP contribution >= 0.6 is 11.6 Å². The summed E-state index contributed by atoms with van der Waals surface area (Å²) in [5.41, 5.74) is 2.87. The molecule has 3 fully saturated rings. The predicted octanol–water partition coefficient (Wildman–Crippen LogP) is 5.05. The van der Waals surface area contributed by atoms with Crippen LogP contribution in [0.3, 0.4) is 0 Å². The van der Waals surface area contributed by atoms with Crippen molar-refractivity contribution in [1.29, 1.82) is 0 Å². The Morgan fingerprint density at radius 1 is 0.962 bits per heavy atom. The van der Waals surface area contributed by atoms with Gasteiger partial charge in [0.1, 0.15) is 23.1 Å². The molecule has 0 spiro atoms. The minimum absolute atomic E-state index is 0.00297. The number of ether oxygens (including phenoxy) is 2. The molecule has 4 aliphatic rings. The van der Waals surface area contributed by atoms with Gasteiger partial charge in [-0.1, -0.05) is 35.4 Å². The average molecular weight is 732 g/mol. The summed E-state index contributed by atoms with van der Waals surface area (Å²) in [5.74, 6) is -8.04. The van der Waals surface area contributed by atoms with Gasteiger partial charge in [0.05, 0.1) is 43.1 Å². The Labute approximate surface area is 302 Å². The van der Waals surface area contributed by atoms with Crippen molar-refractivity contribution in [2.45, 2.75) is 37.0 Å². The Bertz CT molecular complexity index is 2000. The number of imide groups is 2. The van der Waals surface area contributed by atoms with Crippen molar-refractivity contribution in [3.05, 3.63) is 94.3 Å². The minimum Gasteiger partial charge on any atom is -0.508 e. The quantitative estimate of drug-likeness (QED) is 0.190. The van der Waals surface area contributed by atoms with Crippen LogP contribution in [0.25, 0.3) is 0 Å². The van der Waals surface area contributed by atoms with Crippen LogP contribution in [0.4, 0.5) is 10.1 Å². The largest absolute Gasteiger partial charge is 0.508 e. The number of carbonyl (C=O) groups is 5. The van der Waals surface area contributed by atoms with Crippen LogP contribution < -0.4 is 14.9 Å². The Kier molecular flexibility index (Phi) is 8.94. The van der Waals surface area contributed by atoms with Gasteiger partial charge in [0.2, 0.25) is 11.8 Å². The van der Waals surface area contributed by atoms with E-state index in [9.17, 15) is 33.8 Å². The number of carbonyl (C=O) groups excluding carboxylic acids is 4. The Hall–Kier alpha value is -5.43. The third kappa shape index (κ3) is 5.37. The van der Waals surface area contributed by atoms with Gasteiger partial charge in [-0.3, -0.25) is 34.3 Å². The Balaban J connectivity index is 1.46. The number of methoxy groups -OCH3 is 2. The molecule has 2 saturated heterocycles. The number of aliphatic carboxylic acids is 1. The number of hydrazine groups is 1. The van der Waals surface area contributed by atoms with Crippen LogP contribution in [0.15, 0.2) is 72.3 Å². The van der Waals surface area contributed by atoms with Crippen LogP contribution in [-0.4, -0.2) is 70.5 Å². The summed E-state index contributed by atoms with van der Waals surface area (Å²) in [6, 6.07) is 14.5. The van der Waals surface area contributed by atoms with Crippen molar-refractivity contribution in [2.24, 2.45) is 23.7 Å². The van der Waals surface area contributed by atoms with Crippen LogP contribution in [0, 0.1) is 29.5 Å². The highest BCUT2D eigenvalue weighted by atomic mass is 35.5. The maximum absolute atomic E-state index is 15.3. The highest BCUT2D eigenvalue weighted by molar-refractivity contribution is 6.30. The first-order valence-corrected chi connectivity index (χ1v) is 17.2. The number of likely N-dealkylation sites (tertiary alicyclic amines) is 1. The summed E-state index contributed by atoms with van der Waals surface area (Å²) >= 11 is 6.35. The number of anilines is 1. The fourth-order valence-electron chi connectivity index (χ4n) is 8.85. The number of carboxylic acid groups (broad SMARTS) is 1. The molecule has 52 heavy (non-hydrogen) atoms. The van der Waals surface area contributed by atoms with Gasteiger partial charge in [-0.25, -0.2) is 4.39 Å². The smallest absolute Gasteiger partial charge is 0.303 e. The van der Waals surface area contributed by atoms with Gasteiger partial charge < -0.3 is 19.7 Å². The lowest BCUT2D eigenvalue weighted by molar-refractivity contribution is -0.142. The van der Waals surface area contributed by atoms with Gasteiger partial charge in [-0.15, -0.1) is 0 Å². The van der Waals surface area contributed by atoms with Crippen molar-refractivity contribution >= 4 is 46.9 Å². The van der Waals surface area contributed by atoms with Gasteiger partial charge >= 0.3 is 5.97 Å². The number of hydrogen-bond acceptors (Lipinski definition) is 9. The maximum atomic E-state index is 15.3. The molecule has 6 unspecified atom stereocenters. The zero-order valence-electron chi connectivity index (χ0n) is 28.2. The number of rotatable bonds is 10. The first-order valence-electron chi connectivity index (χ1n) is 16.8. The number of fused-ring (bicyclic) bond motifs is 4. The molecule has 3 aromatic rings. The molecule has 12 nitrogen and oxygen atoms in total. The van der Waals surface area contributed by atoms with E-state index >= 15 is 4.79 Å². The van der Waals surface area contributed by atoms with E-state index in [4.69, 9.17) is 21.1 Å². The minimum atomic E-state index is -1.70. The van der Waals surface area contributed by atoms with Crippen LogP contribution in [0.2, 0.25) is 5.02 Å². The molecular weight excluding hydrogens is 697 g/mol. The van der Waals surface area contributed by atoms with Gasteiger partial charge in [0, 0.05) is 41.6 Å². The second-order valence-corrected chi connectivity index (χ2v) is 13.9. The van der Waals surface area contributed by atoms with Crippen LogP contribution in [0.5, 0.6) is 17.2 Å².